The van der Waals surface area contributed by atoms with E-state index in [1.807, 2.05) is 18.2 Å². The number of hydrogen-bond acceptors (Lipinski definition) is 4. The summed E-state index contributed by atoms with van der Waals surface area (Å²) in [6.07, 6.45) is -0.689. The fourth-order valence-electron chi connectivity index (χ4n) is 1.86. The van der Waals surface area contributed by atoms with Crippen LogP contribution in [-0.2, 0) is 9.53 Å². The lowest BCUT2D eigenvalue weighted by molar-refractivity contribution is -0.147. The van der Waals surface area contributed by atoms with Gasteiger partial charge in [-0.1, -0.05) is 30.3 Å². The van der Waals surface area contributed by atoms with Crippen molar-refractivity contribution in [3.05, 3.63) is 65.7 Å². The average Bonchev–Trinajstić information content (AvgIpc) is 2.55. The van der Waals surface area contributed by atoms with Crippen LogP contribution in [0.4, 0.5) is 0 Å². The average molecular weight is 284 g/mol. The maximum absolute atomic E-state index is 12.2. The maximum atomic E-state index is 12.2. The minimum atomic E-state index is -0.689. The van der Waals surface area contributed by atoms with Crippen LogP contribution in [0.2, 0.25) is 0 Å². The van der Waals surface area contributed by atoms with Gasteiger partial charge in [0.15, 0.2) is 11.9 Å². The Bertz CT molecular complexity index is 617. The van der Waals surface area contributed by atoms with E-state index in [4.69, 9.17) is 4.74 Å². The summed E-state index contributed by atoms with van der Waals surface area (Å²) in [4.78, 5) is 23.5. The molecular weight excluding hydrogens is 268 g/mol. The van der Waals surface area contributed by atoms with E-state index in [0.717, 1.165) is 0 Å². The number of esters is 1. The lowest BCUT2D eigenvalue weighted by atomic mass is 10.0. The van der Waals surface area contributed by atoms with Crippen molar-refractivity contribution in [3.8, 4) is 5.75 Å². The molecule has 0 aliphatic heterocycles. The molecule has 0 saturated carbocycles. The number of rotatable bonds is 5. The molecular formula is C17H16O4. The van der Waals surface area contributed by atoms with Crippen molar-refractivity contribution in [2.75, 3.05) is 7.11 Å². The second-order valence-corrected chi connectivity index (χ2v) is 4.50. The summed E-state index contributed by atoms with van der Waals surface area (Å²) in [5.74, 6) is 0.0140. The van der Waals surface area contributed by atoms with Crippen molar-refractivity contribution in [1.82, 2.24) is 0 Å². The molecule has 2 rings (SSSR count). The van der Waals surface area contributed by atoms with Crippen LogP contribution in [-0.4, -0.2) is 25.0 Å². The summed E-state index contributed by atoms with van der Waals surface area (Å²) in [7, 11) is 1.31. The Kier molecular flexibility index (Phi) is 4.72. The van der Waals surface area contributed by atoms with E-state index >= 15 is 0 Å². The van der Waals surface area contributed by atoms with E-state index in [1.54, 1.807) is 43.3 Å². The number of hydrogen-bond donors (Lipinski definition) is 0. The zero-order valence-electron chi connectivity index (χ0n) is 11.9. The Hall–Kier alpha value is -2.62. The van der Waals surface area contributed by atoms with Gasteiger partial charge in [-0.2, -0.15) is 0 Å². The van der Waals surface area contributed by atoms with E-state index in [1.165, 1.54) is 7.11 Å². The SMILES string of the molecule is COC(=O)[C@@H](C)Oc1ccc(C(=O)c2ccccc2)cc1. The number of methoxy groups -OCH3 is 1. The molecule has 4 heteroatoms. The van der Waals surface area contributed by atoms with E-state index in [9.17, 15) is 9.59 Å². The Labute approximate surface area is 123 Å². The number of benzene rings is 2. The molecule has 0 N–H and O–H groups in total. The molecule has 0 fully saturated rings. The van der Waals surface area contributed by atoms with Crippen LogP contribution in [0.15, 0.2) is 54.6 Å². The predicted molar refractivity (Wildman–Crippen MR) is 78.4 cm³/mol. The van der Waals surface area contributed by atoms with Gasteiger partial charge in [0.2, 0.25) is 0 Å². The number of ketones is 1. The summed E-state index contributed by atoms with van der Waals surface area (Å²) >= 11 is 0. The third-order valence-corrected chi connectivity index (χ3v) is 3.00. The first-order valence-electron chi connectivity index (χ1n) is 6.56. The van der Waals surface area contributed by atoms with E-state index in [-0.39, 0.29) is 5.78 Å². The first kappa shape index (κ1) is 14.8. The van der Waals surface area contributed by atoms with Gasteiger partial charge in [0.1, 0.15) is 5.75 Å². The van der Waals surface area contributed by atoms with Crippen molar-refractivity contribution in [2.24, 2.45) is 0 Å². The lowest BCUT2D eigenvalue weighted by Crippen LogP contribution is -2.24. The molecule has 2 aromatic rings. The lowest BCUT2D eigenvalue weighted by Gasteiger charge is -2.12. The molecule has 0 spiro atoms. The third-order valence-electron chi connectivity index (χ3n) is 3.00. The van der Waals surface area contributed by atoms with Crippen LogP contribution < -0.4 is 4.74 Å². The smallest absolute Gasteiger partial charge is 0.346 e. The van der Waals surface area contributed by atoms with Gasteiger partial charge in [-0.05, 0) is 31.2 Å². The van der Waals surface area contributed by atoms with Crippen LogP contribution in [0, 0.1) is 0 Å². The molecule has 0 aliphatic carbocycles. The van der Waals surface area contributed by atoms with Gasteiger partial charge >= 0.3 is 5.97 Å². The molecule has 0 heterocycles. The van der Waals surface area contributed by atoms with Crippen molar-refractivity contribution in [1.29, 1.82) is 0 Å². The number of carbonyl (C=O) groups is 2. The highest BCUT2D eigenvalue weighted by Gasteiger charge is 2.15. The highest BCUT2D eigenvalue weighted by Crippen LogP contribution is 2.16. The molecule has 0 unspecified atom stereocenters. The highest BCUT2D eigenvalue weighted by molar-refractivity contribution is 6.08. The topological polar surface area (TPSA) is 52.6 Å². The van der Waals surface area contributed by atoms with Crippen LogP contribution in [0.1, 0.15) is 22.8 Å². The minimum absolute atomic E-state index is 0.0526. The largest absolute Gasteiger partial charge is 0.479 e. The maximum Gasteiger partial charge on any atom is 0.346 e. The molecule has 1 atom stereocenters. The van der Waals surface area contributed by atoms with Crippen molar-refractivity contribution < 1.29 is 19.1 Å². The van der Waals surface area contributed by atoms with Gasteiger partial charge in [-0.25, -0.2) is 4.79 Å². The first-order valence-corrected chi connectivity index (χ1v) is 6.56. The van der Waals surface area contributed by atoms with Gasteiger partial charge in [-0.3, -0.25) is 4.79 Å². The Morgan fingerprint density at radius 1 is 0.905 bits per heavy atom. The number of carbonyl (C=O) groups excluding carboxylic acids is 2. The summed E-state index contributed by atoms with van der Waals surface area (Å²) in [5.41, 5.74) is 1.20. The molecule has 2 aromatic carbocycles. The van der Waals surface area contributed by atoms with E-state index in [2.05, 4.69) is 4.74 Å². The molecule has 0 aliphatic rings. The molecule has 0 saturated heterocycles. The van der Waals surface area contributed by atoms with Crippen molar-refractivity contribution in [3.63, 3.8) is 0 Å². The summed E-state index contributed by atoms with van der Waals surface area (Å²) in [6, 6.07) is 15.7. The molecule has 0 amide bonds. The van der Waals surface area contributed by atoms with E-state index in [0.29, 0.717) is 16.9 Å². The van der Waals surface area contributed by atoms with Crippen molar-refractivity contribution >= 4 is 11.8 Å². The molecule has 108 valence electrons. The molecule has 0 aromatic heterocycles. The van der Waals surface area contributed by atoms with E-state index < -0.39 is 12.1 Å². The normalized spacial score (nSPS) is 11.5. The Morgan fingerprint density at radius 3 is 2.05 bits per heavy atom. The fourth-order valence-corrected chi connectivity index (χ4v) is 1.86. The van der Waals surface area contributed by atoms with Crippen molar-refractivity contribution in [2.45, 2.75) is 13.0 Å². The van der Waals surface area contributed by atoms with Gasteiger partial charge in [-0.15, -0.1) is 0 Å². The Balaban J connectivity index is 2.09. The summed E-state index contributed by atoms with van der Waals surface area (Å²) in [5, 5.41) is 0. The highest BCUT2D eigenvalue weighted by atomic mass is 16.6. The number of ether oxygens (including phenoxy) is 2. The second-order valence-electron chi connectivity index (χ2n) is 4.50. The molecule has 4 nitrogen and oxygen atoms in total. The molecule has 0 bridgehead atoms. The predicted octanol–water partition coefficient (Wildman–Crippen LogP) is 2.86. The summed E-state index contributed by atoms with van der Waals surface area (Å²) < 4.78 is 10.0. The standard InChI is InChI=1S/C17H16O4/c1-12(17(19)20-2)21-15-10-8-14(9-11-15)16(18)13-6-4-3-5-7-13/h3-12H,1-2H3/t12-/m1/s1. The zero-order chi connectivity index (χ0) is 15.2. The van der Waals surface area contributed by atoms with Gasteiger partial charge in [0, 0.05) is 11.1 Å². The third kappa shape index (κ3) is 3.69. The summed E-state index contributed by atoms with van der Waals surface area (Å²) in [6.45, 7) is 1.61. The Morgan fingerprint density at radius 2 is 1.48 bits per heavy atom. The quantitative estimate of drug-likeness (QED) is 0.626. The minimum Gasteiger partial charge on any atom is -0.479 e. The molecule has 21 heavy (non-hydrogen) atoms. The fraction of sp³-hybridized carbons (Fsp3) is 0.176. The molecule has 0 radical (unpaired) electrons. The van der Waals surface area contributed by atoms with Gasteiger partial charge in [0.05, 0.1) is 7.11 Å². The van der Waals surface area contributed by atoms with Crippen LogP contribution in [0.25, 0.3) is 0 Å². The monoisotopic (exact) mass is 284 g/mol. The van der Waals surface area contributed by atoms with Gasteiger partial charge in [0.25, 0.3) is 0 Å². The zero-order valence-corrected chi connectivity index (χ0v) is 11.9. The van der Waals surface area contributed by atoms with Crippen LogP contribution in [0.3, 0.4) is 0 Å². The van der Waals surface area contributed by atoms with Crippen LogP contribution >= 0.6 is 0 Å². The van der Waals surface area contributed by atoms with Crippen LogP contribution in [0.5, 0.6) is 5.75 Å². The van der Waals surface area contributed by atoms with Gasteiger partial charge < -0.3 is 9.47 Å². The first-order chi connectivity index (χ1) is 10.1. The second kappa shape index (κ2) is 6.70.